The number of aliphatic hydroxyl groups excluding tert-OH is 1. The predicted octanol–water partition coefficient (Wildman–Crippen LogP) is 5.14. The molecule has 3 aromatic rings. The molecule has 0 radical (unpaired) electrons. The number of hydrogen-bond donors (Lipinski definition) is 2. The summed E-state index contributed by atoms with van der Waals surface area (Å²) in [7, 11) is 1.00. The summed E-state index contributed by atoms with van der Waals surface area (Å²) in [6.45, 7) is 3.55. The number of ether oxygens (including phenoxy) is 1. The summed E-state index contributed by atoms with van der Waals surface area (Å²) in [5.74, 6) is -0.703. The molecule has 2 aliphatic rings. The zero-order valence-electron chi connectivity index (χ0n) is 21.2. The van der Waals surface area contributed by atoms with Crippen molar-refractivity contribution >= 4 is 22.5 Å². The Balaban J connectivity index is 0.00000164. The number of halogens is 5. The molecule has 4 heterocycles. The third-order valence-electron chi connectivity index (χ3n) is 6.79. The lowest BCUT2D eigenvalue weighted by Gasteiger charge is -2.29. The van der Waals surface area contributed by atoms with Crippen LogP contribution in [0, 0.1) is 5.82 Å². The second kappa shape index (κ2) is 11.7. The van der Waals surface area contributed by atoms with Gasteiger partial charge >= 0.3 is 6.18 Å². The number of pyridine rings is 2. The number of fused-ring (bicyclic) bond motifs is 1. The highest BCUT2D eigenvalue weighted by Crippen LogP contribution is 2.38. The van der Waals surface area contributed by atoms with Gasteiger partial charge in [0.25, 0.3) is 5.88 Å². The van der Waals surface area contributed by atoms with Crippen molar-refractivity contribution in [3.8, 4) is 5.88 Å². The van der Waals surface area contributed by atoms with Crippen LogP contribution in [-0.2, 0) is 6.18 Å². The number of nitrogens with zero attached hydrogens (tertiary/aromatic N) is 5. The number of nitrogens with one attached hydrogen (secondary N) is 1. The van der Waals surface area contributed by atoms with E-state index in [0.29, 0.717) is 62.9 Å². The smallest absolute Gasteiger partial charge is 0.419 e. The molecule has 8 nitrogen and oxygen atoms in total. The summed E-state index contributed by atoms with van der Waals surface area (Å²) in [5, 5.41) is 15.9. The van der Waals surface area contributed by atoms with Gasteiger partial charge in [-0.25, -0.2) is 18.7 Å². The van der Waals surface area contributed by atoms with Crippen molar-refractivity contribution in [3.63, 3.8) is 0 Å². The Morgan fingerprint density at radius 2 is 1.87 bits per heavy atom. The maximum absolute atomic E-state index is 14.4. The Labute approximate surface area is 216 Å². The maximum Gasteiger partial charge on any atom is 0.419 e. The van der Waals surface area contributed by atoms with Crippen LogP contribution in [-0.4, -0.2) is 63.9 Å². The zero-order chi connectivity index (χ0) is 27.4. The van der Waals surface area contributed by atoms with E-state index in [1.807, 2.05) is 22.6 Å². The highest BCUT2D eigenvalue weighted by Gasteiger charge is 2.37. The van der Waals surface area contributed by atoms with E-state index in [1.165, 1.54) is 0 Å². The maximum atomic E-state index is 14.4. The quantitative estimate of drug-likeness (QED) is 0.418. The van der Waals surface area contributed by atoms with Crippen molar-refractivity contribution in [2.24, 2.45) is 0 Å². The monoisotopic (exact) mass is 542 g/mol. The van der Waals surface area contributed by atoms with Gasteiger partial charge in [-0.1, -0.05) is 0 Å². The topological polar surface area (TPSA) is 88.3 Å². The van der Waals surface area contributed by atoms with Crippen molar-refractivity contribution in [1.82, 2.24) is 19.7 Å². The third kappa shape index (κ3) is 5.77. The first-order chi connectivity index (χ1) is 18.2. The van der Waals surface area contributed by atoms with Crippen LogP contribution >= 0.6 is 0 Å². The summed E-state index contributed by atoms with van der Waals surface area (Å²) < 4.78 is 74.8. The molecule has 0 aromatic carbocycles. The van der Waals surface area contributed by atoms with E-state index in [0.717, 1.165) is 24.2 Å². The number of aliphatic hydroxyl groups is 1. The van der Waals surface area contributed by atoms with Gasteiger partial charge in [0.05, 0.1) is 29.1 Å². The minimum Gasteiger partial charge on any atom is -0.472 e. The average molecular weight is 543 g/mol. The average Bonchev–Trinajstić information content (AvgIpc) is 3.50. The molecule has 13 heteroatoms. The van der Waals surface area contributed by atoms with E-state index in [-0.39, 0.29) is 12.6 Å². The first kappa shape index (κ1) is 27.8. The lowest BCUT2D eigenvalue weighted by molar-refractivity contribution is -0.140. The molecular formula is C25H31F5N6O2. The van der Waals surface area contributed by atoms with Crippen molar-refractivity contribution in [1.29, 1.82) is 0 Å². The fourth-order valence-electron chi connectivity index (χ4n) is 5.01. The van der Waals surface area contributed by atoms with Crippen LogP contribution in [0.2, 0.25) is 0 Å². The molecule has 0 bridgehead atoms. The Hall–Kier alpha value is -3.22. The van der Waals surface area contributed by atoms with Gasteiger partial charge in [-0.3, -0.25) is 4.68 Å². The molecule has 5 rings (SSSR count). The number of rotatable bonds is 6. The van der Waals surface area contributed by atoms with Crippen LogP contribution in [0.4, 0.5) is 33.6 Å². The van der Waals surface area contributed by atoms with Gasteiger partial charge in [-0.2, -0.15) is 18.3 Å². The van der Waals surface area contributed by atoms with Crippen molar-refractivity contribution in [2.45, 2.75) is 63.5 Å². The lowest BCUT2D eigenvalue weighted by atomic mass is 9.93. The van der Waals surface area contributed by atoms with Crippen LogP contribution < -0.4 is 15.0 Å². The van der Waals surface area contributed by atoms with Gasteiger partial charge < -0.3 is 20.1 Å². The van der Waals surface area contributed by atoms with Crippen molar-refractivity contribution in [3.05, 3.63) is 35.9 Å². The van der Waals surface area contributed by atoms with Crippen LogP contribution in [0.3, 0.4) is 0 Å². The van der Waals surface area contributed by atoms with E-state index in [2.05, 4.69) is 15.3 Å². The second-order valence-corrected chi connectivity index (χ2v) is 9.24. The number of hydrogen-bond acceptors (Lipinski definition) is 7. The van der Waals surface area contributed by atoms with Gasteiger partial charge in [-0.05, 0) is 45.1 Å². The van der Waals surface area contributed by atoms with Crippen LogP contribution in [0.15, 0.2) is 24.5 Å². The standard InChI is InChI=1S/C24H27F5N6O.CH4O/c1-2-30-20-11-19-17(12-32-20)22(34-10-8-14(25)13-34)33-35(19)15-3-5-16(6-4-15)36-23-21(26)18(7-9-31-23)24(27,28)29;1-2/h7,9,11-12,14-16H,2-6,8,10,13H2,1H3,(H,30,32);2H,1H3. The van der Waals surface area contributed by atoms with Gasteiger partial charge in [0.2, 0.25) is 0 Å². The van der Waals surface area contributed by atoms with Crippen LogP contribution in [0.25, 0.3) is 10.9 Å². The molecule has 208 valence electrons. The molecule has 0 amide bonds. The number of aromatic nitrogens is 4. The Morgan fingerprint density at radius 3 is 2.50 bits per heavy atom. The normalized spacial score (nSPS) is 21.8. The first-order valence-electron chi connectivity index (χ1n) is 12.6. The number of alkyl halides is 4. The van der Waals surface area contributed by atoms with Gasteiger partial charge in [0.15, 0.2) is 11.6 Å². The van der Waals surface area contributed by atoms with Gasteiger partial charge in [0, 0.05) is 38.7 Å². The molecule has 1 aliphatic heterocycles. The molecular weight excluding hydrogens is 511 g/mol. The third-order valence-corrected chi connectivity index (χ3v) is 6.79. The van der Waals surface area contributed by atoms with E-state index in [9.17, 15) is 22.0 Å². The Bertz CT molecular complexity index is 1230. The fraction of sp³-hybridized carbons (Fsp3) is 0.560. The van der Waals surface area contributed by atoms with E-state index in [1.54, 1.807) is 6.20 Å². The second-order valence-electron chi connectivity index (χ2n) is 9.24. The fourth-order valence-corrected chi connectivity index (χ4v) is 5.01. The van der Waals surface area contributed by atoms with Gasteiger partial charge in [0.1, 0.15) is 18.1 Å². The van der Waals surface area contributed by atoms with E-state index < -0.39 is 35.7 Å². The van der Waals surface area contributed by atoms with Crippen LogP contribution in [0.5, 0.6) is 5.88 Å². The highest BCUT2D eigenvalue weighted by molar-refractivity contribution is 5.91. The van der Waals surface area contributed by atoms with Gasteiger partial charge in [-0.15, -0.1) is 0 Å². The molecule has 1 saturated carbocycles. The lowest BCUT2D eigenvalue weighted by Crippen LogP contribution is -2.27. The summed E-state index contributed by atoms with van der Waals surface area (Å²) in [4.78, 5) is 10.1. The zero-order valence-corrected chi connectivity index (χ0v) is 21.2. The Kier molecular flexibility index (Phi) is 8.54. The minimum absolute atomic E-state index is 0.000989. The molecule has 1 saturated heterocycles. The highest BCUT2D eigenvalue weighted by atomic mass is 19.4. The summed E-state index contributed by atoms with van der Waals surface area (Å²) in [5.41, 5.74) is -0.507. The molecule has 2 N–H and O–H groups in total. The SMILES string of the molecule is CCNc1cc2c(cn1)c(N1CCC(F)C1)nn2C1CCC(Oc2nccc(C(F)(F)F)c2F)CC1.CO. The molecule has 38 heavy (non-hydrogen) atoms. The molecule has 0 spiro atoms. The molecule has 1 atom stereocenters. The number of anilines is 2. The molecule has 3 aromatic heterocycles. The van der Waals surface area contributed by atoms with E-state index in [4.69, 9.17) is 14.9 Å². The predicted molar refractivity (Wildman–Crippen MR) is 133 cm³/mol. The van der Waals surface area contributed by atoms with E-state index >= 15 is 0 Å². The minimum atomic E-state index is -4.82. The molecule has 2 fully saturated rings. The van der Waals surface area contributed by atoms with Crippen molar-refractivity contribution < 1.29 is 31.8 Å². The summed E-state index contributed by atoms with van der Waals surface area (Å²) in [6.07, 6.45) is -0.790. The molecule has 1 aliphatic carbocycles. The summed E-state index contributed by atoms with van der Waals surface area (Å²) >= 11 is 0. The first-order valence-corrected chi connectivity index (χ1v) is 12.6. The molecule has 1 unspecified atom stereocenters. The van der Waals surface area contributed by atoms with Crippen LogP contribution in [0.1, 0.15) is 50.6 Å². The summed E-state index contributed by atoms with van der Waals surface area (Å²) in [6, 6.07) is 2.53. The largest absolute Gasteiger partial charge is 0.472 e. The Morgan fingerprint density at radius 1 is 1.13 bits per heavy atom. The van der Waals surface area contributed by atoms with Crippen molar-refractivity contribution in [2.75, 3.05) is 37.0 Å².